The summed E-state index contributed by atoms with van der Waals surface area (Å²) in [4.78, 5) is 10.8. The summed E-state index contributed by atoms with van der Waals surface area (Å²) in [6, 6.07) is 5.20. The zero-order valence-corrected chi connectivity index (χ0v) is 11.6. The van der Waals surface area contributed by atoms with Gasteiger partial charge in [-0.25, -0.2) is 4.39 Å². The predicted octanol–water partition coefficient (Wildman–Crippen LogP) is 3.95. The number of aliphatic hydroxyl groups is 1. The van der Waals surface area contributed by atoms with E-state index in [9.17, 15) is 19.6 Å². The van der Waals surface area contributed by atoms with Crippen molar-refractivity contribution in [2.45, 2.75) is 20.0 Å². The van der Waals surface area contributed by atoms with Crippen LogP contribution in [0.25, 0.3) is 0 Å². The Balaban J connectivity index is 2.39. The summed E-state index contributed by atoms with van der Waals surface area (Å²) in [5, 5.41) is 20.5. The van der Waals surface area contributed by atoms with Gasteiger partial charge in [0.25, 0.3) is 5.06 Å². The Morgan fingerprint density at radius 2 is 2.15 bits per heavy atom. The lowest BCUT2D eigenvalue weighted by Crippen LogP contribution is -1.91. The number of halogens is 1. The summed E-state index contributed by atoms with van der Waals surface area (Å²) in [6.45, 7) is 3.16. The summed E-state index contributed by atoms with van der Waals surface area (Å²) < 4.78 is 18.5. The minimum Gasteiger partial charge on any atom is -0.440 e. The van der Waals surface area contributed by atoms with E-state index < -0.39 is 16.8 Å². The lowest BCUT2D eigenvalue weighted by atomic mass is 10.2. The highest BCUT2D eigenvalue weighted by Crippen LogP contribution is 2.42. The summed E-state index contributed by atoms with van der Waals surface area (Å²) >= 11 is 0.996. The van der Waals surface area contributed by atoms with E-state index in [1.54, 1.807) is 6.92 Å². The zero-order chi connectivity index (χ0) is 14.9. The number of rotatable bonds is 4. The molecule has 1 heterocycles. The van der Waals surface area contributed by atoms with Gasteiger partial charge in [-0.15, -0.1) is 0 Å². The van der Waals surface area contributed by atoms with Gasteiger partial charge in [-0.3, -0.25) is 10.1 Å². The van der Waals surface area contributed by atoms with E-state index in [-0.39, 0.29) is 10.8 Å². The van der Waals surface area contributed by atoms with E-state index in [1.807, 2.05) is 0 Å². The molecule has 0 saturated heterocycles. The van der Waals surface area contributed by atoms with E-state index in [4.69, 9.17) is 4.74 Å². The highest BCUT2D eigenvalue weighted by Gasteiger charge is 2.23. The van der Waals surface area contributed by atoms with Crippen molar-refractivity contribution in [1.29, 1.82) is 0 Å². The minimum atomic E-state index is -0.814. The van der Waals surface area contributed by atoms with Crippen LogP contribution in [0.5, 0.6) is 10.8 Å². The monoisotopic (exact) mass is 297 g/mol. The van der Waals surface area contributed by atoms with Crippen LogP contribution in [0.3, 0.4) is 0 Å². The molecule has 0 radical (unpaired) electrons. The molecule has 5 nitrogen and oxygen atoms in total. The quantitative estimate of drug-likeness (QED) is 0.685. The Morgan fingerprint density at radius 3 is 2.70 bits per heavy atom. The molecule has 0 fully saturated rings. The highest BCUT2D eigenvalue weighted by atomic mass is 32.1. The number of nitrogens with zero attached hydrogens (tertiary/aromatic N) is 1. The molecular formula is C13H12FNO4S. The van der Waals surface area contributed by atoms with Crippen LogP contribution in [0.15, 0.2) is 24.3 Å². The molecule has 7 heteroatoms. The van der Waals surface area contributed by atoms with Gasteiger partial charge in [0, 0.05) is 10.9 Å². The Kier molecular flexibility index (Phi) is 4.01. The molecule has 2 rings (SSSR count). The van der Waals surface area contributed by atoms with E-state index in [0.717, 1.165) is 11.3 Å². The van der Waals surface area contributed by atoms with E-state index >= 15 is 0 Å². The van der Waals surface area contributed by atoms with Crippen molar-refractivity contribution in [2.75, 3.05) is 0 Å². The standard InChI is InChI=1S/C13H12FNO4S/c1-7-5-9(14)3-4-11(7)19-13-10(15(17)18)6-12(20-13)8(2)16/h3-6,8,16H,1-2H3/t8-/m0/s1. The number of benzene rings is 1. The van der Waals surface area contributed by atoms with Crippen molar-refractivity contribution in [2.24, 2.45) is 0 Å². The van der Waals surface area contributed by atoms with E-state index in [2.05, 4.69) is 0 Å². The fourth-order valence-corrected chi connectivity index (χ4v) is 2.54. The Morgan fingerprint density at radius 1 is 1.45 bits per heavy atom. The normalized spacial score (nSPS) is 12.2. The second-order valence-electron chi connectivity index (χ2n) is 4.27. The van der Waals surface area contributed by atoms with Gasteiger partial charge in [0.2, 0.25) is 0 Å². The van der Waals surface area contributed by atoms with Gasteiger partial charge < -0.3 is 9.84 Å². The Labute approximate surface area is 118 Å². The molecule has 20 heavy (non-hydrogen) atoms. The number of nitro groups is 1. The third-order valence-corrected chi connectivity index (χ3v) is 3.82. The molecule has 1 N–H and O–H groups in total. The largest absolute Gasteiger partial charge is 0.440 e. The molecule has 1 aromatic carbocycles. The van der Waals surface area contributed by atoms with E-state index in [0.29, 0.717) is 16.2 Å². The first-order valence-electron chi connectivity index (χ1n) is 5.78. The van der Waals surface area contributed by atoms with Gasteiger partial charge in [-0.2, -0.15) is 0 Å². The van der Waals surface area contributed by atoms with Crippen molar-refractivity contribution in [3.8, 4) is 10.8 Å². The van der Waals surface area contributed by atoms with Crippen LogP contribution < -0.4 is 4.74 Å². The SMILES string of the molecule is Cc1cc(F)ccc1Oc1sc([C@H](C)O)cc1[N+](=O)[O-]. The first kappa shape index (κ1) is 14.4. The van der Waals surface area contributed by atoms with Crippen LogP contribution >= 0.6 is 11.3 Å². The minimum absolute atomic E-state index is 0.0700. The fourth-order valence-electron chi connectivity index (χ4n) is 1.62. The molecule has 0 amide bonds. The van der Waals surface area contributed by atoms with Crippen molar-refractivity contribution in [3.05, 3.63) is 50.6 Å². The summed E-state index contributed by atoms with van der Waals surface area (Å²) in [5.41, 5.74) is 0.320. The smallest absolute Gasteiger partial charge is 0.323 e. The molecule has 1 atom stereocenters. The van der Waals surface area contributed by atoms with Crippen molar-refractivity contribution in [3.63, 3.8) is 0 Å². The van der Waals surface area contributed by atoms with Gasteiger partial charge >= 0.3 is 5.69 Å². The van der Waals surface area contributed by atoms with Crippen LogP contribution in [0.4, 0.5) is 10.1 Å². The first-order valence-corrected chi connectivity index (χ1v) is 6.60. The number of thiophene rings is 1. The molecule has 0 bridgehead atoms. The topological polar surface area (TPSA) is 72.6 Å². The average molecular weight is 297 g/mol. The maximum Gasteiger partial charge on any atom is 0.323 e. The third kappa shape index (κ3) is 2.94. The molecule has 1 aromatic heterocycles. The molecule has 0 aliphatic carbocycles. The number of hydrogen-bond donors (Lipinski definition) is 1. The van der Waals surface area contributed by atoms with Gasteiger partial charge in [0.05, 0.1) is 11.0 Å². The van der Waals surface area contributed by atoms with Crippen LogP contribution in [-0.2, 0) is 0 Å². The van der Waals surface area contributed by atoms with Crippen molar-refractivity contribution >= 4 is 17.0 Å². The summed E-state index contributed by atoms with van der Waals surface area (Å²) in [7, 11) is 0. The van der Waals surface area contributed by atoms with E-state index in [1.165, 1.54) is 31.2 Å². The van der Waals surface area contributed by atoms with Gasteiger partial charge in [0.15, 0.2) is 0 Å². The summed E-state index contributed by atoms with van der Waals surface area (Å²) in [6.07, 6.45) is -0.814. The zero-order valence-electron chi connectivity index (χ0n) is 10.8. The molecule has 0 spiro atoms. The number of ether oxygens (including phenoxy) is 1. The summed E-state index contributed by atoms with van der Waals surface area (Å²) in [5.74, 6) is -0.0614. The second-order valence-corrected chi connectivity index (χ2v) is 5.31. The molecule has 0 aliphatic rings. The third-order valence-electron chi connectivity index (χ3n) is 2.65. The van der Waals surface area contributed by atoms with Gasteiger partial charge in [-0.05, 0) is 37.6 Å². The highest BCUT2D eigenvalue weighted by molar-refractivity contribution is 7.14. The number of hydrogen-bond acceptors (Lipinski definition) is 5. The van der Waals surface area contributed by atoms with Crippen LogP contribution in [0.2, 0.25) is 0 Å². The van der Waals surface area contributed by atoms with Gasteiger partial charge in [0.1, 0.15) is 11.6 Å². The van der Waals surface area contributed by atoms with Crippen molar-refractivity contribution in [1.82, 2.24) is 0 Å². The molecular weight excluding hydrogens is 285 g/mol. The van der Waals surface area contributed by atoms with Crippen LogP contribution in [-0.4, -0.2) is 10.0 Å². The maximum atomic E-state index is 13.0. The molecule has 0 unspecified atom stereocenters. The Bertz CT molecular complexity index is 654. The molecule has 0 aliphatic heterocycles. The number of aliphatic hydroxyl groups excluding tert-OH is 1. The van der Waals surface area contributed by atoms with Crippen molar-refractivity contribution < 1.29 is 19.2 Å². The van der Waals surface area contributed by atoms with Crippen LogP contribution in [0.1, 0.15) is 23.5 Å². The fraction of sp³-hybridized carbons (Fsp3) is 0.231. The molecule has 0 saturated carbocycles. The molecule has 2 aromatic rings. The van der Waals surface area contributed by atoms with Gasteiger partial charge in [-0.1, -0.05) is 11.3 Å². The molecule has 106 valence electrons. The average Bonchev–Trinajstić information content (AvgIpc) is 2.77. The van der Waals surface area contributed by atoms with Crippen LogP contribution in [0, 0.1) is 22.9 Å². The predicted molar refractivity (Wildman–Crippen MR) is 72.8 cm³/mol. The number of aryl methyl sites for hydroxylation is 1. The Hall–Kier alpha value is -1.99. The maximum absolute atomic E-state index is 13.0. The lowest BCUT2D eigenvalue weighted by molar-refractivity contribution is -0.385. The lowest BCUT2D eigenvalue weighted by Gasteiger charge is -2.06. The second kappa shape index (κ2) is 5.56. The first-order chi connectivity index (χ1) is 9.38.